The number of halogens is 3. The number of nitro benzene ring substituents is 1. The van der Waals surface area contributed by atoms with E-state index in [1.54, 1.807) is 0 Å². The highest BCUT2D eigenvalue weighted by molar-refractivity contribution is 5.66. The molecule has 0 spiro atoms. The average Bonchev–Trinajstić information content (AvgIpc) is 3.08. The quantitative estimate of drug-likeness (QED) is 0.678. The van der Waals surface area contributed by atoms with Crippen molar-refractivity contribution in [3.8, 4) is 5.75 Å². The van der Waals surface area contributed by atoms with Crippen LogP contribution in [0.4, 0.5) is 24.5 Å². The predicted octanol–water partition coefficient (Wildman–Crippen LogP) is 3.11. The van der Waals surface area contributed by atoms with Gasteiger partial charge in [-0.1, -0.05) is 0 Å². The van der Waals surface area contributed by atoms with Crippen LogP contribution in [0.25, 0.3) is 0 Å². The number of ether oxygens (including phenoxy) is 1. The fraction of sp³-hybridized carbons (Fsp3) is 0.455. The Morgan fingerprint density at radius 2 is 2.05 bits per heavy atom. The molecule has 104 valence electrons. The topological polar surface area (TPSA) is 64.4 Å². The van der Waals surface area contributed by atoms with Crippen LogP contribution in [-0.2, 0) is 0 Å². The number of nitrogens with one attached hydrogen (secondary N) is 1. The minimum absolute atomic E-state index is 0.0924. The molecule has 0 amide bonds. The third kappa shape index (κ3) is 2.42. The van der Waals surface area contributed by atoms with E-state index >= 15 is 0 Å². The number of benzene rings is 1. The Morgan fingerprint density at radius 1 is 1.42 bits per heavy atom. The fourth-order valence-corrected chi connectivity index (χ4v) is 1.76. The van der Waals surface area contributed by atoms with E-state index in [2.05, 4.69) is 5.32 Å². The van der Waals surface area contributed by atoms with Crippen LogP contribution in [0.2, 0.25) is 0 Å². The zero-order chi connectivity index (χ0) is 14.3. The summed E-state index contributed by atoms with van der Waals surface area (Å²) < 4.78 is 43.4. The molecule has 5 nitrogen and oxygen atoms in total. The summed E-state index contributed by atoms with van der Waals surface area (Å²) in [5, 5.41) is 13.1. The average molecular weight is 276 g/mol. The van der Waals surface area contributed by atoms with Crippen molar-refractivity contribution in [3.63, 3.8) is 0 Å². The van der Waals surface area contributed by atoms with Gasteiger partial charge in [0.1, 0.15) is 17.0 Å². The van der Waals surface area contributed by atoms with Crippen molar-refractivity contribution in [1.82, 2.24) is 0 Å². The Kier molecular flexibility index (Phi) is 3.03. The molecule has 0 bridgehead atoms. The van der Waals surface area contributed by atoms with E-state index < -0.39 is 22.3 Å². The van der Waals surface area contributed by atoms with Gasteiger partial charge in [0.25, 0.3) is 5.69 Å². The van der Waals surface area contributed by atoms with Crippen molar-refractivity contribution < 1.29 is 22.8 Å². The summed E-state index contributed by atoms with van der Waals surface area (Å²) in [5.74, 6) is 0.256. The largest absolute Gasteiger partial charge is 0.497 e. The van der Waals surface area contributed by atoms with Crippen LogP contribution in [-0.4, -0.2) is 23.7 Å². The summed E-state index contributed by atoms with van der Waals surface area (Å²) in [6, 6.07) is 3.65. The first kappa shape index (κ1) is 13.4. The summed E-state index contributed by atoms with van der Waals surface area (Å²) in [6.45, 7) is 0. The molecule has 0 aliphatic heterocycles. The van der Waals surface area contributed by atoms with E-state index in [4.69, 9.17) is 4.74 Å². The van der Waals surface area contributed by atoms with E-state index in [1.165, 1.54) is 19.2 Å². The van der Waals surface area contributed by atoms with Gasteiger partial charge in [0.15, 0.2) is 0 Å². The van der Waals surface area contributed by atoms with Gasteiger partial charge in [-0.15, -0.1) is 0 Å². The zero-order valence-electron chi connectivity index (χ0n) is 9.95. The van der Waals surface area contributed by atoms with E-state index in [0.717, 1.165) is 6.07 Å². The summed E-state index contributed by atoms with van der Waals surface area (Å²) in [7, 11) is 1.33. The van der Waals surface area contributed by atoms with Gasteiger partial charge in [-0.05, 0) is 18.9 Å². The number of hydrogen-bond acceptors (Lipinski definition) is 4. The molecule has 1 aliphatic carbocycles. The number of nitrogens with zero attached hydrogens (tertiary/aromatic N) is 1. The lowest BCUT2D eigenvalue weighted by atomic mass is 10.2. The van der Waals surface area contributed by atoms with Crippen LogP contribution in [0.1, 0.15) is 12.8 Å². The van der Waals surface area contributed by atoms with Crippen LogP contribution >= 0.6 is 0 Å². The van der Waals surface area contributed by atoms with Gasteiger partial charge in [0.05, 0.1) is 12.0 Å². The second kappa shape index (κ2) is 4.29. The van der Waals surface area contributed by atoms with Gasteiger partial charge in [0, 0.05) is 12.1 Å². The highest BCUT2D eigenvalue weighted by atomic mass is 19.4. The number of hydrogen-bond donors (Lipinski definition) is 1. The number of anilines is 1. The van der Waals surface area contributed by atoms with E-state index in [-0.39, 0.29) is 24.3 Å². The smallest absolute Gasteiger partial charge is 0.411 e. The van der Waals surface area contributed by atoms with Crippen molar-refractivity contribution >= 4 is 11.4 Å². The van der Waals surface area contributed by atoms with E-state index in [9.17, 15) is 23.3 Å². The van der Waals surface area contributed by atoms with Crippen LogP contribution in [0.3, 0.4) is 0 Å². The number of methoxy groups -OCH3 is 1. The maximum atomic E-state index is 12.8. The Labute approximate surface area is 106 Å². The Bertz CT molecular complexity index is 512. The molecule has 1 saturated carbocycles. The molecular formula is C11H11F3N2O3. The van der Waals surface area contributed by atoms with Gasteiger partial charge in [0.2, 0.25) is 0 Å². The molecule has 1 aromatic carbocycles. The minimum atomic E-state index is -4.44. The Morgan fingerprint density at radius 3 is 2.47 bits per heavy atom. The zero-order valence-corrected chi connectivity index (χ0v) is 9.95. The third-order valence-corrected chi connectivity index (χ3v) is 3.07. The van der Waals surface area contributed by atoms with E-state index in [1.807, 2.05) is 0 Å². The van der Waals surface area contributed by atoms with Gasteiger partial charge in [-0.25, -0.2) is 0 Å². The van der Waals surface area contributed by atoms with Crippen LogP contribution in [0.5, 0.6) is 5.75 Å². The molecule has 1 aliphatic rings. The standard InChI is InChI=1S/C11H11F3N2O3/c1-19-7-2-3-9(16(17)18)8(6-7)15-10(4-5-10)11(12,13)14/h2-3,6,15H,4-5H2,1H3. The maximum absolute atomic E-state index is 12.8. The molecule has 0 aromatic heterocycles. The van der Waals surface area contributed by atoms with Gasteiger partial charge in [-0.3, -0.25) is 10.1 Å². The molecule has 0 atom stereocenters. The van der Waals surface area contributed by atoms with Crippen LogP contribution < -0.4 is 10.1 Å². The van der Waals surface area contributed by atoms with E-state index in [0.29, 0.717) is 0 Å². The molecule has 0 saturated heterocycles. The molecule has 0 heterocycles. The second-order valence-electron chi connectivity index (χ2n) is 4.35. The number of alkyl halides is 3. The molecule has 0 unspecified atom stereocenters. The van der Waals surface area contributed by atoms with Gasteiger partial charge in [-0.2, -0.15) is 13.2 Å². The highest BCUT2D eigenvalue weighted by Gasteiger charge is 2.64. The van der Waals surface area contributed by atoms with Gasteiger partial charge >= 0.3 is 6.18 Å². The Balaban J connectivity index is 2.36. The molecule has 1 fully saturated rings. The van der Waals surface area contributed by atoms with Crippen molar-refractivity contribution in [3.05, 3.63) is 28.3 Å². The molecule has 0 radical (unpaired) electrons. The first-order chi connectivity index (χ1) is 8.79. The Hall–Kier alpha value is -1.99. The number of rotatable bonds is 4. The SMILES string of the molecule is COc1ccc([N+](=O)[O-])c(NC2(C(F)(F)F)CC2)c1. The molecule has 1 aromatic rings. The third-order valence-electron chi connectivity index (χ3n) is 3.07. The highest BCUT2D eigenvalue weighted by Crippen LogP contribution is 2.52. The summed E-state index contributed by atoms with van der Waals surface area (Å²) >= 11 is 0. The lowest BCUT2D eigenvalue weighted by Gasteiger charge is -2.22. The summed E-state index contributed by atoms with van der Waals surface area (Å²) in [4.78, 5) is 10.1. The minimum Gasteiger partial charge on any atom is -0.497 e. The molecule has 8 heteroatoms. The summed E-state index contributed by atoms with van der Waals surface area (Å²) in [5.41, 5.74) is -2.64. The van der Waals surface area contributed by atoms with Crippen molar-refractivity contribution in [2.24, 2.45) is 0 Å². The predicted molar refractivity (Wildman–Crippen MR) is 61.3 cm³/mol. The first-order valence-corrected chi connectivity index (χ1v) is 5.46. The molecule has 19 heavy (non-hydrogen) atoms. The second-order valence-corrected chi connectivity index (χ2v) is 4.35. The summed E-state index contributed by atoms with van der Waals surface area (Å²) in [6.07, 6.45) is -4.63. The normalized spacial score (nSPS) is 16.8. The lowest BCUT2D eigenvalue weighted by Crippen LogP contribution is -2.38. The first-order valence-electron chi connectivity index (χ1n) is 5.46. The monoisotopic (exact) mass is 276 g/mol. The van der Waals surface area contributed by atoms with Crippen LogP contribution in [0, 0.1) is 10.1 Å². The lowest BCUT2D eigenvalue weighted by molar-refractivity contribution is -0.384. The fourth-order valence-electron chi connectivity index (χ4n) is 1.76. The molecular weight excluding hydrogens is 265 g/mol. The van der Waals surface area contributed by atoms with Crippen molar-refractivity contribution in [1.29, 1.82) is 0 Å². The van der Waals surface area contributed by atoms with Crippen LogP contribution in [0.15, 0.2) is 18.2 Å². The number of nitro groups is 1. The molecule has 1 N–H and O–H groups in total. The van der Waals surface area contributed by atoms with Crippen molar-refractivity contribution in [2.75, 3.05) is 12.4 Å². The van der Waals surface area contributed by atoms with Crippen molar-refractivity contribution in [2.45, 2.75) is 24.6 Å². The van der Waals surface area contributed by atoms with Gasteiger partial charge < -0.3 is 10.1 Å². The maximum Gasteiger partial charge on any atom is 0.411 e. The molecule has 2 rings (SSSR count).